The van der Waals surface area contributed by atoms with Gasteiger partial charge in [0.1, 0.15) is 4.60 Å². The molecule has 20 heavy (non-hydrogen) atoms. The van der Waals surface area contributed by atoms with Gasteiger partial charge in [-0.15, -0.1) is 11.3 Å². The Kier molecular flexibility index (Phi) is 4.26. The van der Waals surface area contributed by atoms with Gasteiger partial charge in [-0.1, -0.05) is 0 Å². The van der Waals surface area contributed by atoms with E-state index in [-0.39, 0.29) is 0 Å². The Labute approximate surface area is 131 Å². The van der Waals surface area contributed by atoms with Gasteiger partial charge in [-0.2, -0.15) is 5.10 Å². The molecule has 0 saturated carbocycles. The predicted octanol–water partition coefficient (Wildman–Crippen LogP) is 2.52. The number of hydrogen-bond donors (Lipinski definition) is 1. The number of aryl methyl sites for hydroxylation is 1. The molecule has 1 aliphatic rings. The lowest BCUT2D eigenvalue weighted by molar-refractivity contribution is 0.312. The molecule has 2 aromatic heterocycles. The highest BCUT2D eigenvalue weighted by molar-refractivity contribution is 9.10. The molecule has 0 atom stereocenters. The maximum absolute atomic E-state index is 4.33. The summed E-state index contributed by atoms with van der Waals surface area (Å²) in [5, 5.41) is 7.76. The molecule has 0 unspecified atom stereocenters. The summed E-state index contributed by atoms with van der Waals surface area (Å²) in [6.45, 7) is 4.06. The number of halogens is 1. The molecule has 0 amide bonds. The Morgan fingerprint density at radius 2 is 2.30 bits per heavy atom. The Balaban J connectivity index is 1.65. The summed E-state index contributed by atoms with van der Waals surface area (Å²) in [6.07, 6.45) is 1.18. The van der Waals surface area contributed by atoms with E-state index in [0.717, 1.165) is 30.8 Å². The number of thiophene rings is 1. The summed E-state index contributed by atoms with van der Waals surface area (Å²) in [5.74, 6) is 0. The van der Waals surface area contributed by atoms with Gasteiger partial charge in [0.05, 0.1) is 5.69 Å². The fourth-order valence-corrected chi connectivity index (χ4v) is 4.38. The van der Waals surface area contributed by atoms with Gasteiger partial charge >= 0.3 is 0 Å². The quantitative estimate of drug-likeness (QED) is 0.915. The van der Waals surface area contributed by atoms with Crippen molar-refractivity contribution in [3.8, 4) is 0 Å². The molecule has 0 spiro atoms. The van der Waals surface area contributed by atoms with E-state index in [2.05, 4.69) is 50.4 Å². The van der Waals surface area contributed by atoms with Crippen molar-refractivity contribution in [2.45, 2.75) is 26.1 Å². The van der Waals surface area contributed by atoms with Gasteiger partial charge < -0.3 is 5.32 Å². The molecule has 3 heterocycles. The third-order valence-electron chi connectivity index (χ3n) is 3.60. The van der Waals surface area contributed by atoms with Crippen molar-refractivity contribution in [2.75, 3.05) is 13.6 Å². The molecule has 0 bridgehead atoms. The maximum Gasteiger partial charge on any atom is 0.128 e. The maximum atomic E-state index is 4.33. The third kappa shape index (κ3) is 3.14. The van der Waals surface area contributed by atoms with Crippen LogP contribution in [0.4, 0.5) is 0 Å². The topological polar surface area (TPSA) is 33.1 Å². The highest BCUT2D eigenvalue weighted by Crippen LogP contribution is 2.26. The van der Waals surface area contributed by atoms with Crippen molar-refractivity contribution in [1.29, 1.82) is 0 Å². The second-order valence-electron chi connectivity index (χ2n) is 5.34. The zero-order chi connectivity index (χ0) is 14.1. The van der Waals surface area contributed by atoms with Crippen molar-refractivity contribution in [2.24, 2.45) is 7.05 Å². The molecule has 2 aromatic rings. The lowest BCUT2D eigenvalue weighted by atomic mass is 10.1. The monoisotopic (exact) mass is 354 g/mol. The first kappa shape index (κ1) is 14.3. The van der Waals surface area contributed by atoms with E-state index >= 15 is 0 Å². The van der Waals surface area contributed by atoms with Crippen molar-refractivity contribution >= 4 is 27.3 Å². The highest BCUT2D eigenvalue weighted by Gasteiger charge is 2.14. The van der Waals surface area contributed by atoms with Crippen LogP contribution in [0, 0.1) is 0 Å². The standard InChI is InChI=1S/C14H19BrN4S/c1-18(8-11-6-14(15)17-19(11)2)9-12-5-10-7-16-4-3-13(10)20-12/h5-6,16H,3-4,7-9H2,1-2H3. The summed E-state index contributed by atoms with van der Waals surface area (Å²) in [7, 11) is 4.15. The molecule has 0 radical (unpaired) electrons. The number of nitrogens with one attached hydrogen (secondary N) is 1. The molecule has 0 fully saturated rings. The Bertz CT molecular complexity index is 581. The first-order valence-electron chi connectivity index (χ1n) is 6.80. The van der Waals surface area contributed by atoms with Crippen LogP contribution < -0.4 is 5.32 Å². The average Bonchev–Trinajstić information content (AvgIpc) is 2.92. The Hall–Kier alpha value is -0.690. The number of hydrogen-bond acceptors (Lipinski definition) is 4. The number of nitrogens with zero attached hydrogens (tertiary/aromatic N) is 3. The van der Waals surface area contributed by atoms with E-state index in [9.17, 15) is 0 Å². The van der Waals surface area contributed by atoms with Gasteiger partial charge in [0.15, 0.2) is 0 Å². The van der Waals surface area contributed by atoms with Crippen LogP contribution in [0.25, 0.3) is 0 Å². The molecule has 1 aliphatic heterocycles. The van der Waals surface area contributed by atoms with Gasteiger partial charge in [-0.3, -0.25) is 9.58 Å². The van der Waals surface area contributed by atoms with E-state index in [1.165, 1.54) is 22.6 Å². The Morgan fingerprint density at radius 1 is 1.45 bits per heavy atom. The van der Waals surface area contributed by atoms with Gasteiger partial charge in [-0.25, -0.2) is 0 Å². The molecule has 0 aliphatic carbocycles. The molecule has 0 aromatic carbocycles. The SMILES string of the molecule is CN(Cc1cc2c(s1)CCNC2)Cc1cc(Br)nn1C. The highest BCUT2D eigenvalue weighted by atomic mass is 79.9. The second kappa shape index (κ2) is 5.97. The largest absolute Gasteiger partial charge is 0.312 e. The molecule has 0 saturated heterocycles. The van der Waals surface area contributed by atoms with Gasteiger partial charge in [-0.05, 0) is 47.1 Å². The van der Waals surface area contributed by atoms with E-state index in [1.54, 1.807) is 4.88 Å². The minimum atomic E-state index is 0.904. The molecular formula is C14H19BrN4S. The van der Waals surface area contributed by atoms with Crippen LogP contribution in [0.5, 0.6) is 0 Å². The Morgan fingerprint density at radius 3 is 3.00 bits per heavy atom. The van der Waals surface area contributed by atoms with E-state index in [1.807, 2.05) is 23.1 Å². The third-order valence-corrected chi connectivity index (χ3v) is 5.21. The smallest absolute Gasteiger partial charge is 0.128 e. The summed E-state index contributed by atoms with van der Waals surface area (Å²) in [5.41, 5.74) is 2.72. The van der Waals surface area contributed by atoms with Crippen molar-refractivity contribution in [3.05, 3.63) is 37.7 Å². The van der Waals surface area contributed by atoms with Crippen LogP contribution in [0.3, 0.4) is 0 Å². The van der Waals surface area contributed by atoms with Gasteiger partial charge in [0.25, 0.3) is 0 Å². The molecule has 6 heteroatoms. The van der Waals surface area contributed by atoms with Crippen molar-refractivity contribution in [1.82, 2.24) is 20.0 Å². The second-order valence-corrected chi connectivity index (χ2v) is 7.38. The minimum absolute atomic E-state index is 0.904. The fraction of sp³-hybridized carbons (Fsp3) is 0.500. The van der Waals surface area contributed by atoms with Crippen LogP contribution in [0.2, 0.25) is 0 Å². The lowest BCUT2D eigenvalue weighted by Crippen LogP contribution is -2.21. The summed E-state index contributed by atoms with van der Waals surface area (Å²) >= 11 is 5.39. The molecule has 4 nitrogen and oxygen atoms in total. The van der Waals surface area contributed by atoms with Crippen LogP contribution in [-0.4, -0.2) is 28.3 Å². The number of rotatable bonds is 4. The summed E-state index contributed by atoms with van der Waals surface area (Å²) in [4.78, 5) is 5.37. The van der Waals surface area contributed by atoms with Crippen LogP contribution in [-0.2, 0) is 33.1 Å². The average molecular weight is 355 g/mol. The van der Waals surface area contributed by atoms with Crippen LogP contribution >= 0.6 is 27.3 Å². The van der Waals surface area contributed by atoms with E-state index in [0.29, 0.717) is 0 Å². The minimum Gasteiger partial charge on any atom is -0.312 e. The first-order chi connectivity index (χ1) is 9.61. The summed E-state index contributed by atoms with van der Waals surface area (Å²) < 4.78 is 2.84. The molecule has 3 rings (SSSR count). The predicted molar refractivity (Wildman–Crippen MR) is 85.8 cm³/mol. The first-order valence-corrected chi connectivity index (χ1v) is 8.41. The van der Waals surface area contributed by atoms with Crippen LogP contribution in [0.1, 0.15) is 21.0 Å². The van der Waals surface area contributed by atoms with Crippen molar-refractivity contribution in [3.63, 3.8) is 0 Å². The molecule has 1 N–H and O–H groups in total. The van der Waals surface area contributed by atoms with E-state index in [4.69, 9.17) is 0 Å². The fourth-order valence-electron chi connectivity index (χ4n) is 2.61. The van der Waals surface area contributed by atoms with Crippen LogP contribution in [0.15, 0.2) is 16.7 Å². The number of aromatic nitrogens is 2. The number of fused-ring (bicyclic) bond motifs is 1. The zero-order valence-electron chi connectivity index (χ0n) is 11.8. The lowest BCUT2D eigenvalue weighted by Gasteiger charge is -2.15. The zero-order valence-corrected chi connectivity index (χ0v) is 14.2. The normalized spacial score (nSPS) is 14.8. The molecule has 108 valence electrons. The summed E-state index contributed by atoms with van der Waals surface area (Å²) in [6, 6.07) is 4.45. The van der Waals surface area contributed by atoms with Crippen molar-refractivity contribution < 1.29 is 0 Å². The van der Waals surface area contributed by atoms with E-state index < -0.39 is 0 Å². The van der Waals surface area contributed by atoms with Gasteiger partial charge in [0, 0.05) is 43.0 Å². The van der Waals surface area contributed by atoms with Gasteiger partial charge in [0.2, 0.25) is 0 Å². The molecular weight excluding hydrogens is 336 g/mol.